The predicted molar refractivity (Wildman–Crippen MR) is 75.3 cm³/mol. The number of halogens is 3. The molecule has 4 nitrogen and oxygen atoms in total. The molecule has 0 amide bonds. The summed E-state index contributed by atoms with van der Waals surface area (Å²) in [4.78, 5) is 14.9. The molecule has 0 saturated heterocycles. The molecule has 0 aliphatic heterocycles. The van der Waals surface area contributed by atoms with Crippen molar-refractivity contribution in [2.45, 2.75) is 19.0 Å². The lowest BCUT2D eigenvalue weighted by molar-refractivity contribution is -0.136. The van der Waals surface area contributed by atoms with Crippen LogP contribution >= 0.6 is 11.3 Å². The molecule has 8 heteroatoms. The van der Waals surface area contributed by atoms with Crippen LogP contribution in [-0.4, -0.2) is 28.8 Å². The number of carboxylic acids is 1. The largest absolute Gasteiger partial charge is 0.478 e. The molecule has 1 aromatic carbocycles. The Balaban J connectivity index is 1.92. The number of alkyl halides is 3. The molecule has 2 rings (SSSR count). The zero-order chi connectivity index (χ0) is 16.2. The highest BCUT2D eigenvalue weighted by atomic mass is 32.1. The molecular formula is C14H12F3NO3S. The van der Waals surface area contributed by atoms with Crippen LogP contribution < -0.4 is 4.74 Å². The van der Waals surface area contributed by atoms with Crippen LogP contribution in [0.15, 0.2) is 29.6 Å². The number of thiazole rings is 1. The minimum Gasteiger partial charge on any atom is -0.478 e. The first-order valence-electron chi connectivity index (χ1n) is 6.34. The zero-order valence-corrected chi connectivity index (χ0v) is 12.1. The standard InChI is InChI=1S/C14H12F3NO3S/c15-14(16,17)6-1-7-21-13-18-11(8-22-13)9-2-4-10(5-3-9)12(19)20/h2-5,8H,1,6-7H2,(H,19,20). The van der Waals surface area contributed by atoms with Gasteiger partial charge in [-0.15, -0.1) is 0 Å². The van der Waals surface area contributed by atoms with Crippen molar-refractivity contribution in [2.24, 2.45) is 0 Å². The Labute approximate surface area is 128 Å². The molecule has 1 N–H and O–H groups in total. The highest BCUT2D eigenvalue weighted by Crippen LogP contribution is 2.27. The molecule has 0 fully saturated rings. The highest BCUT2D eigenvalue weighted by Gasteiger charge is 2.26. The lowest BCUT2D eigenvalue weighted by Gasteiger charge is -2.05. The van der Waals surface area contributed by atoms with Crippen LogP contribution in [0, 0.1) is 0 Å². The molecular weight excluding hydrogens is 319 g/mol. The monoisotopic (exact) mass is 331 g/mol. The van der Waals surface area contributed by atoms with Gasteiger partial charge in [-0.25, -0.2) is 9.78 Å². The van der Waals surface area contributed by atoms with Crippen LogP contribution in [0.4, 0.5) is 13.2 Å². The Bertz CT molecular complexity index is 638. The summed E-state index contributed by atoms with van der Waals surface area (Å²) in [5.74, 6) is -1.02. The van der Waals surface area contributed by atoms with E-state index >= 15 is 0 Å². The van der Waals surface area contributed by atoms with Gasteiger partial charge in [0.25, 0.3) is 5.19 Å². The summed E-state index contributed by atoms with van der Waals surface area (Å²) in [7, 11) is 0. The molecule has 1 aromatic heterocycles. The molecule has 118 valence electrons. The Hall–Kier alpha value is -2.09. The topological polar surface area (TPSA) is 59.4 Å². The first-order chi connectivity index (χ1) is 10.3. The summed E-state index contributed by atoms with van der Waals surface area (Å²) < 4.78 is 41.1. The summed E-state index contributed by atoms with van der Waals surface area (Å²) in [6, 6.07) is 6.15. The van der Waals surface area contributed by atoms with E-state index in [1.807, 2.05) is 0 Å². The quantitative estimate of drug-likeness (QED) is 0.805. The second-order valence-corrected chi connectivity index (χ2v) is 5.27. The Morgan fingerprint density at radius 3 is 2.55 bits per heavy atom. The van der Waals surface area contributed by atoms with Gasteiger partial charge in [0.2, 0.25) is 0 Å². The van der Waals surface area contributed by atoms with Crippen LogP contribution in [0.5, 0.6) is 5.19 Å². The maximum absolute atomic E-state index is 12.0. The van der Waals surface area contributed by atoms with Gasteiger partial charge >= 0.3 is 12.1 Å². The number of benzene rings is 1. The van der Waals surface area contributed by atoms with Crippen LogP contribution in [0.2, 0.25) is 0 Å². The van der Waals surface area contributed by atoms with E-state index in [0.29, 0.717) is 16.5 Å². The second-order valence-electron chi connectivity index (χ2n) is 4.45. The van der Waals surface area contributed by atoms with Gasteiger partial charge in [-0.3, -0.25) is 0 Å². The van der Waals surface area contributed by atoms with Crippen molar-refractivity contribution in [3.05, 3.63) is 35.2 Å². The number of hydrogen-bond donors (Lipinski definition) is 1. The van der Waals surface area contributed by atoms with Crippen molar-refractivity contribution in [3.8, 4) is 16.5 Å². The Morgan fingerprint density at radius 2 is 1.95 bits per heavy atom. The smallest absolute Gasteiger partial charge is 0.389 e. The van der Waals surface area contributed by atoms with E-state index in [0.717, 1.165) is 0 Å². The molecule has 2 aromatic rings. The van der Waals surface area contributed by atoms with Crippen LogP contribution in [0.25, 0.3) is 11.3 Å². The molecule has 0 bridgehead atoms. The molecule has 0 unspecified atom stereocenters. The molecule has 0 spiro atoms. The fourth-order valence-electron chi connectivity index (χ4n) is 1.67. The Kier molecular flexibility index (Phi) is 5.02. The van der Waals surface area contributed by atoms with Crippen molar-refractivity contribution in [3.63, 3.8) is 0 Å². The van der Waals surface area contributed by atoms with Crippen LogP contribution in [-0.2, 0) is 0 Å². The summed E-state index contributed by atoms with van der Waals surface area (Å²) in [5, 5.41) is 10.8. The summed E-state index contributed by atoms with van der Waals surface area (Å²) in [6.07, 6.45) is -5.18. The van der Waals surface area contributed by atoms with Crippen molar-refractivity contribution >= 4 is 17.3 Å². The number of carboxylic acid groups (broad SMARTS) is 1. The second kappa shape index (κ2) is 6.78. The average Bonchev–Trinajstić information content (AvgIpc) is 2.91. The van der Waals surface area contributed by atoms with Gasteiger partial charge < -0.3 is 9.84 Å². The van der Waals surface area contributed by atoms with Gasteiger partial charge in [-0.05, 0) is 18.6 Å². The zero-order valence-electron chi connectivity index (χ0n) is 11.3. The molecule has 0 aliphatic carbocycles. The fraction of sp³-hybridized carbons (Fsp3) is 0.286. The lowest BCUT2D eigenvalue weighted by atomic mass is 10.1. The Morgan fingerprint density at radius 1 is 1.27 bits per heavy atom. The number of aromatic carboxylic acids is 1. The average molecular weight is 331 g/mol. The van der Waals surface area contributed by atoms with Gasteiger partial charge in [0.1, 0.15) is 0 Å². The van der Waals surface area contributed by atoms with Crippen molar-refractivity contribution in [2.75, 3.05) is 6.61 Å². The number of ether oxygens (including phenoxy) is 1. The van der Waals surface area contributed by atoms with Gasteiger partial charge in [-0.2, -0.15) is 13.2 Å². The van der Waals surface area contributed by atoms with E-state index < -0.39 is 18.6 Å². The summed E-state index contributed by atoms with van der Waals surface area (Å²) in [6.45, 7) is -0.0512. The molecule has 0 saturated carbocycles. The van der Waals surface area contributed by atoms with E-state index in [1.165, 1.54) is 23.5 Å². The van der Waals surface area contributed by atoms with Crippen LogP contribution in [0.1, 0.15) is 23.2 Å². The van der Waals surface area contributed by atoms with Gasteiger partial charge in [0.05, 0.1) is 17.9 Å². The maximum atomic E-state index is 12.0. The highest BCUT2D eigenvalue weighted by molar-refractivity contribution is 7.11. The van der Waals surface area contributed by atoms with Gasteiger partial charge in [0, 0.05) is 17.4 Å². The van der Waals surface area contributed by atoms with E-state index in [-0.39, 0.29) is 18.6 Å². The number of aromatic nitrogens is 1. The van der Waals surface area contributed by atoms with E-state index in [9.17, 15) is 18.0 Å². The van der Waals surface area contributed by atoms with E-state index in [2.05, 4.69) is 4.98 Å². The third-order valence-corrected chi connectivity index (χ3v) is 3.49. The van der Waals surface area contributed by atoms with Crippen molar-refractivity contribution in [1.82, 2.24) is 4.98 Å². The number of nitrogens with zero attached hydrogens (tertiary/aromatic N) is 1. The first-order valence-corrected chi connectivity index (χ1v) is 7.22. The van der Waals surface area contributed by atoms with Gasteiger partial charge in [0.15, 0.2) is 0 Å². The van der Waals surface area contributed by atoms with Crippen molar-refractivity contribution < 1.29 is 27.8 Å². The number of hydrogen-bond acceptors (Lipinski definition) is 4. The minimum atomic E-state index is -4.18. The van der Waals surface area contributed by atoms with Gasteiger partial charge in [-0.1, -0.05) is 23.5 Å². The third-order valence-electron chi connectivity index (χ3n) is 2.74. The number of rotatable bonds is 6. The third kappa shape index (κ3) is 4.73. The number of carbonyl (C=O) groups is 1. The summed E-state index contributed by atoms with van der Waals surface area (Å²) >= 11 is 1.18. The SMILES string of the molecule is O=C(O)c1ccc(-c2csc(OCCCC(F)(F)F)n2)cc1. The molecule has 22 heavy (non-hydrogen) atoms. The first kappa shape index (κ1) is 16.3. The normalized spacial score (nSPS) is 11.4. The van der Waals surface area contributed by atoms with E-state index in [4.69, 9.17) is 9.84 Å². The molecule has 0 radical (unpaired) electrons. The minimum absolute atomic E-state index is 0.0512. The summed E-state index contributed by atoms with van der Waals surface area (Å²) in [5.41, 5.74) is 1.47. The maximum Gasteiger partial charge on any atom is 0.389 e. The molecule has 1 heterocycles. The molecule has 0 atom stereocenters. The van der Waals surface area contributed by atoms with E-state index in [1.54, 1.807) is 17.5 Å². The molecule has 0 aliphatic rings. The van der Waals surface area contributed by atoms with Crippen molar-refractivity contribution in [1.29, 1.82) is 0 Å². The lowest BCUT2D eigenvalue weighted by Crippen LogP contribution is -2.09. The van der Waals surface area contributed by atoms with Crippen LogP contribution in [0.3, 0.4) is 0 Å². The fourth-order valence-corrected chi connectivity index (χ4v) is 2.38. The predicted octanol–water partition coefficient (Wildman–Crippen LogP) is 4.23.